The van der Waals surface area contributed by atoms with Crippen LogP contribution in [0.3, 0.4) is 0 Å². The lowest BCUT2D eigenvalue weighted by Crippen LogP contribution is -2.45. The van der Waals surface area contributed by atoms with E-state index in [1.165, 1.54) is 0 Å². The monoisotopic (exact) mass is 264 g/mol. The van der Waals surface area contributed by atoms with Gasteiger partial charge in [-0.25, -0.2) is 0 Å². The van der Waals surface area contributed by atoms with Crippen LogP contribution in [0.1, 0.15) is 36.7 Å². The maximum Gasteiger partial charge on any atom is 0.226 e. The number of aryl methyl sites for hydroxylation is 2. The standard InChI is InChI=1S/C14H24N4O/c1-10-12(11(2)18(4)17-10)9-16-13(19)14(3)5-7-15-8-6-14/h15H,5-9H2,1-4H3,(H,16,19). The van der Waals surface area contributed by atoms with Crippen molar-refractivity contribution in [3.63, 3.8) is 0 Å². The van der Waals surface area contributed by atoms with Gasteiger partial charge in [0.25, 0.3) is 0 Å². The highest BCUT2D eigenvalue weighted by molar-refractivity contribution is 5.82. The summed E-state index contributed by atoms with van der Waals surface area (Å²) in [7, 11) is 1.93. The Morgan fingerprint density at radius 1 is 1.42 bits per heavy atom. The third-order valence-electron chi connectivity index (χ3n) is 4.34. The number of piperidine rings is 1. The van der Waals surface area contributed by atoms with Gasteiger partial charge < -0.3 is 10.6 Å². The molecule has 1 amide bonds. The first-order valence-corrected chi connectivity index (χ1v) is 6.92. The minimum Gasteiger partial charge on any atom is -0.351 e. The van der Waals surface area contributed by atoms with E-state index in [-0.39, 0.29) is 11.3 Å². The van der Waals surface area contributed by atoms with E-state index in [2.05, 4.69) is 22.7 Å². The van der Waals surface area contributed by atoms with Crippen molar-refractivity contribution in [2.45, 2.75) is 40.2 Å². The first kappa shape index (κ1) is 14.1. The lowest BCUT2D eigenvalue weighted by Gasteiger charge is -2.32. The Balaban J connectivity index is 2.00. The zero-order chi connectivity index (χ0) is 14.0. The average molecular weight is 264 g/mol. The molecule has 0 radical (unpaired) electrons. The molecule has 2 N–H and O–H groups in total. The van der Waals surface area contributed by atoms with Gasteiger partial charge in [0.2, 0.25) is 5.91 Å². The topological polar surface area (TPSA) is 59.0 Å². The minimum atomic E-state index is -0.227. The molecule has 1 saturated heterocycles. The maximum absolute atomic E-state index is 12.4. The highest BCUT2D eigenvalue weighted by Gasteiger charge is 2.34. The summed E-state index contributed by atoms with van der Waals surface area (Å²) in [6, 6.07) is 0. The second-order valence-corrected chi connectivity index (χ2v) is 5.77. The van der Waals surface area contributed by atoms with Crippen molar-refractivity contribution in [1.29, 1.82) is 0 Å². The Hall–Kier alpha value is -1.36. The molecule has 0 spiro atoms. The quantitative estimate of drug-likeness (QED) is 0.857. The van der Waals surface area contributed by atoms with E-state index >= 15 is 0 Å². The summed E-state index contributed by atoms with van der Waals surface area (Å²) < 4.78 is 1.86. The molecule has 1 aliphatic heterocycles. The van der Waals surface area contributed by atoms with Crippen LogP contribution in [0.4, 0.5) is 0 Å². The Morgan fingerprint density at radius 3 is 2.58 bits per heavy atom. The SMILES string of the molecule is Cc1nn(C)c(C)c1CNC(=O)C1(C)CCNCC1. The minimum absolute atomic E-state index is 0.164. The Bertz CT molecular complexity index is 472. The molecule has 5 nitrogen and oxygen atoms in total. The van der Waals surface area contributed by atoms with Gasteiger partial charge >= 0.3 is 0 Å². The van der Waals surface area contributed by atoms with Crippen molar-refractivity contribution >= 4 is 5.91 Å². The van der Waals surface area contributed by atoms with Crippen LogP contribution >= 0.6 is 0 Å². The second kappa shape index (κ2) is 5.33. The van der Waals surface area contributed by atoms with Crippen LogP contribution in [-0.2, 0) is 18.4 Å². The summed E-state index contributed by atoms with van der Waals surface area (Å²) in [6.07, 6.45) is 1.81. The number of amides is 1. The molecule has 0 unspecified atom stereocenters. The predicted molar refractivity (Wildman–Crippen MR) is 74.7 cm³/mol. The molecule has 1 fully saturated rings. The molecule has 0 aliphatic carbocycles. The van der Waals surface area contributed by atoms with Crippen molar-refractivity contribution in [3.8, 4) is 0 Å². The highest BCUT2D eigenvalue weighted by atomic mass is 16.2. The number of nitrogens with zero attached hydrogens (tertiary/aromatic N) is 2. The summed E-state index contributed by atoms with van der Waals surface area (Å²) in [5, 5.41) is 10.8. The number of carbonyl (C=O) groups is 1. The fourth-order valence-electron chi connectivity index (χ4n) is 2.66. The highest BCUT2D eigenvalue weighted by Crippen LogP contribution is 2.28. The van der Waals surface area contributed by atoms with Gasteiger partial charge in [-0.3, -0.25) is 9.48 Å². The number of hydrogen-bond acceptors (Lipinski definition) is 3. The van der Waals surface area contributed by atoms with Crippen LogP contribution in [-0.4, -0.2) is 28.8 Å². The number of nitrogens with one attached hydrogen (secondary N) is 2. The van der Waals surface area contributed by atoms with E-state index in [0.717, 1.165) is 42.9 Å². The number of rotatable bonds is 3. The largest absolute Gasteiger partial charge is 0.351 e. The maximum atomic E-state index is 12.4. The van der Waals surface area contributed by atoms with Crippen molar-refractivity contribution < 1.29 is 4.79 Å². The van der Waals surface area contributed by atoms with Gasteiger partial charge in [0.05, 0.1) is 5.69 Å². The van der Waals surface area contributed by atoms with Crippen LogP contribution in [0, 0.1) is 19.3 Å². The molecular formula is C14H24N4O. The van der Waals surface area contributed by atoms with E-state index in [4.69, 9.17) is 0 Å². The molecule has 0 aromatic carbocycles. The van der Waals surface area contributed by atoms with Gasteiger partial charge in [-0.05, 0) is 39.8 Å². The van der Waals surface area contributed by atoms with Crippen LogP contribution < -0.4 is 10.6 Å². The molecule has 5 heteroatoms. The summed E-state index contributed by atoms with van der Waals surface area (Å²) in [4.78, 5) is 12.4. The smallest absolute Gasteiger partial charge is 0.226 e. The molecular weight excluding hydrogens is 240 g/mol. The second-order valence-electron chi connectivity index (χ2n) is 5.77. The van der Waals surface area contributed by atoms with Crippen molar-refractivity contribution in [3.05, 3.63) is 17.0 Å². The first-order chi connectivity index (χ1) is 8.94. The Labute approximate surface area is 114 Å². The molecule has 1 aromatic heterocycles. The van der Waals surface area contributed by atoms with E-state index in [1.54, 1.807) is 0 Å². The van der Waals surface area contributed by atoms with Crippen molar-refractivity contribution in [2.75, 3.05) is 13.1 Å². The van der Waals surface area contributed by atoms with E-state index in [1.807, 2.05) is 25.6 Å². The lowest BCUT2D eigenvalue weighted by atomic mass is 9.80. The van der Waals surface area contributed by atoms with Gasteiger partial charge in [0, 0.05) is 30.3 Å². The molecule has 1 aliphatic rings. The van der Waals surface area contributed by atoms with Crippen LogP contribution in [0.2, 0.25) is 0 Å². The zero-order valence-corrected chi connectivity index (χ0v) is 12.3. The molecule has 2 rings (SSSR count). The summed E-state index contributed by atoms with van der Waals surface area (Å²) in [5.74, 6) is 0.164. The number of hydrogen-bond donors (Lipinski definition) is 2. The number of carbonyl (C=O) groups excluding carboxylic acids is 1. The van der Waals surface area contributed by atoms with E-state index in [0.29, 0.717) is 6.54 Å². The molecule has 2 heterocycles. The molecule has 1 aromatic rings. The van der Waals surface area contributed by atoms with Gasteiger partial charge in [0.1, 0.15) is 0 Å². The first-order valence-electron chi connectivity index (χ1n) is 6.92. The Kier molecular flexibility index (Phi) is 3.94. The van der Waals surface area contributed by atoms with Crippen LogP contribution in [0.25, 0.3) is 0 Å². The third-order valence-corrected chi connectivity index (χ3v) is 4.34. The fourth-order valence-corrected chi connectivity index (χ4v) is 2.66. The number of aromatic nitrogens is 2. The average Bonchev–Trinajstić information content (AvgIpc) is 2.62. The van der Waals surface area contributed by atoms with Gasteiger partial charge in [-0.2, -0.15) is 5.10 Å². The molecule has 19 heavy (non-hydrogen) atoms. The van der Waals surface area contributed by atoms with E-state index < -0.39 is 0 Å². The molecule has 0 bridgehead atoms. The molecule has 0 saturated carbocycles. The van der Waals surface area contributed by atoms with Gasteiger partial charge in [-0.15, -0.1) is 0 Å². The van der Waals surface area contributed by atoms with Gasteiger partial charge in [-0.1, -0.05) is 6.92 Å². The normalized spacial score (nSPS) is 18.3. The van der Waals surface area contributed by atoms with Crippen LogP contribution in [0.5, 0.6) is 0 Å². The molecule has 106 valence electrons. The summed E-state index contributed by atoms with van der Waals surface area (Å²) in [5.41, 5.74) is 3.02. The van der Waals surface area contributed by atoms with E-state index in [9.17, 15) is 4.79 Å². The van der Waals surface area contributed by atoms with Crippen LogP contribution in [0.15, 0.2) is 0 Å². The fraction of sp³-hybridized carbons (Fsp3) is 0.714. The lowest BCUT2D eigenvalue weighted by molar-refractivity contribution is -0.131. The van der Waals surface area contributed by atoms with Gasteiger partial charge in [0.15, 0.2) is 0 Å². The zero-order valence-electron chi connectivity index (χ0n) is 12.3. The molecule has 0 atom stereocenters. The summed E-state index contributed by atoms with van der Waals surface area (Å²) in [6.45, 7) is 8.51. The summed E-state index contributed by atoms with van der Waals surface area (Å²) >= 11 is 0. The Morgan fingerprint density at radius 2 is 2.05 bits per heavy atom. The van der Waals surface area contributed by atoms with Crippen molar-refractivity contribution in [2.24, 2.45) is 12.5 Å². The van der Waals surface area contributed by atoms with Crippen molar-refractivity contribution in [1.82, 2.24) is 20.4 Å². The third kappa shape index (κ3) is 2.81. The predicted octanol–water partition coefficient (Wildman–Crippen LogP) is 1.04.